The van der Waals surface area contributed by atoms with Crippen LogP contribution in [0.25, 0.3) is 0 Å². The molecule has 1 aliphatic heterocycles. The van der Waals surface area contributed by atoms with Gasteiger partial charge >= 0.3 is 0 Å². The molecule has 0 aromatic carbocycles. The Balaban J connectivity index is 1.60. The quantitative estimate of drug-likeness (QED) is 0.628. The van der Waals surface area contributed by atoms with Gasteiger partial charge in [0.25, 0.3) is 5.91 Å². The van der Waals surface area contributed by atoms with Crippen LogP contribution >= 0.6 is 11.3 Å². The molecule has 0 unspecified atom stereocenters. The Labute approximate surface area is 170 Å². The van der Waals surface area contributed by atoms with E-state index in [4.69, 9.17) is 14.4 Å². The van der Waals surface area contributed by atoms with E-state index >= 15 is 0 Å². The van der Waals surface area contributed by atoms with E-state index in [-0.39, 0.29) is 11.3 Å². The number of hydrogen-bond acceptors (Lipinski definition) is 5. The molecule has 1 aliphatic rings. The van der Waals surface area contributed by atoms with Gasteiger partial charge in [0.1, 0.15) is 5.01 Å². The largest absolute Gasteiger partial charge is 0.459 e. The normalized spacial score (nSPS) is 15.8. The van der Waals surface area contributed by atoms with E-state index in [1.807, 2.05) is 4.90 Å². The van der Waals surface area contributed by atoms with Crippen molar-refractivity contribution in [3.05, 3.63) is 40.2 Å². The molecular formula is C20H29N5O2S. The molecule has 8 heteroatoms. The second kappa shape index (κ2) is 8.77. The van der Waals surface area contributed by atoms with E-state index in [0.29, 0.717) is 25.4 Å². The first-order valence-corrected chi connectivity index (χ1v) is 10.6. The molecule has 0 saturated carbocycles. The first-order valence-electron chi connectivity index (χ1n) is 9.69. The number of aromatic nitrogens is 1. The van der Waals surface area contributed by atoms with Gasteiger partial charge in [0, 0.05) is 43.5 Å². The second-order valence-electron chi connectivity index (χ2n) is 7.80. The van der Waals surface area contributed by atoms with E-state index in [9.17, 15) is 4.79 Å². The maximum Gasteiger partial charge on any atom is 0.289 e. The molecule has 7 nitrogen and oxygen atoms in total. The summed E-state index contributed by atoms with van der Waals surface area (Å²) >= 11 is 1.66. The summed E-state index contributed by atoms with van der Waals surface area (Å²) in [5.41, 5.74) is 1.16. The Bertz CT molecular complexity index is 799. The summed E-state index contributed by atoms with van der Waals surface area (Å²) in [4.78, 5) is 26.0. The van der Waals surface area contributed by atoms with Crippen LogP contribution in [0.2, 0.25) is 0 Å². The van der Waals surface area contributed by atoms with Crippen LogP contribution in [-0.2, 0) is 12.0 Å². The summed E-state index contributed by atoms with van der Waals surface area (Å²) in [6.07, 6.45) is 1.53. The highest BCUT2D eigenvalue weighted by Crippen LogP contribution is 2.24. The second-order valence-corrected chi connectivity index (χ2v) is 8.75. The van der Waals surface area contributed by atoms with Crippen molar-refractivity contribution in [2.75, 3.05) is 32.7 Å². The predicted octanol–water partition coefficient (Wildman–Crippen LogP) is 2.96. The standard InChI is InChI=1S/C20H29N5O2S/c1-5-21-19(22-13-17-23-16(14-28-17)20(2,3)4)25-10-8-24(9-11-25)18(26)15-7-6-12-27-15/h6-7,12,14H,5,8-11,13H2,1-4H3,(H,21,22). The topological polar surface area (TPSA) is 74.0 Å². The number of rotatable bonds is 4. The Kier molecular flexibility index (Phi) is 6.39. The van der Waals surface area contributed by atoms with Crippen molar-refractivity contribution in [3.63, 3.8) is 0 Å². The minimum Gasteiger partial charge on any atom is -0.459 e. The molecule has 0 spiro atoms. The maximum absolute atomic E-state index is 12.4. The number of guanidine groups is 1. The first-order chi connectivity index (χ1) is 13.4. The SMILES string of the molecule is CCNC(=NCc1nc(C(C)(C)C)cs1)N1CCN(C(=O)c2ccco2)CC1. The summed E-state index contributed by atoms with van der Waals surface area (Å²) < 4.78 is 5.23. The molecule has 3 heterocycles. The van der Waals surface area contributed by atoms with Gasteiger partial charge in [-0.3, -0.25) is 4.79 Å². The number of hydrogen-bond donors (Lipinski definition) is 1. The lowest BCUT2D eigenvalue weighted by atomic mass is 9.93. The van der Waals surface area contributed by atoms with Gasteiger partial charge in [-0.25, -0.2) is 9.98 Å². The molecule has 3 rings (SSSR count). The fourth-order valence-electron chi connectivity index (χ4n) is 2.97. The Morgan fingerprint density at radius 1 is 1.29 bits per heavy atom. The molecule has 0 bridgehead atoms. The van der Waals surface area contributed by atoms with Gasteiger partial charge in [-0.05, 0) is 19.1 Å². The molecule has 1 fully saturated rings. The van der Waals surface area contributed by atoms with Gasteiger partial charge in [0.05, 0.1) is 18.5 Å². The number of furan rings is 1. The van der Waals surface area contributed by atoms with E-state index in [1.54, 1.807) is 23.5 Å². The lowest BCUT2D eigenvalue weighted by molar-refractivity contribution is 0.0657. The molecule has 0 atom stereocenters. The monoisotopic (exact) mass is 403 g/mol. The van der Waals surface area contributed by atoms with Crippen molar-refractivity contribution < 1.29 is 9.21 Å². The molecule has 1 amide bonds. The van der Waals surface area contributed by atoms with Crippen molar-refractivity contribution in [2.45, 2.75) is 39.7 Å². The lowest BCUT2D eigenvalue weighted by Gasteiger charge is -2.36. The van der Waals surface area contributed by atoms with Gasteiger partial charge in [-0.15, -0.1) is 11.3 Å². The van der Waals surface area contributed by atoms with Crippen LogP contribution in [0.15, 0.2) is 33.2 Å². The van der Waals surface area contributed by atoms with Crippen LogP contribution in [0.1, 0.15) is 49.0 Å². The summed E-state index contributed by atoms with van der Waals surface area (Å²) in [6.45, 7) is 12.7. The molecule has 0 aliphatic carbocycles. The van der Waals surface area contributed by atoms with Gasteiger partial charge in [-0.2, -0.15) is 0 Å². The van der Waals surface area contributed by atoms with Crippen LogP contribution in [-0.4, -0.2) is 59.4 Å². The van der Waals surface area contributed by atoms with Crippen LogP contribution in [0.4, 0.5) is 0 Å². The highest BCUT2D eigenvalue weighted by atomic mass is 32.1. The smallest absolute Gasteiger partial charge is 0.289 e. The average molecular weight is 404 g/mol. The Morgan fingerprint density at radius 3 is 2.57 bits per heavy atom. The zero-order valence-corrected chi connectivity index (χ0v) is 17.9. The molecule has 1 saturated heterocycles. The number of piperazine rings is 1. The zero-order chi connectivity index (χ0) is 20.1. The third-order valence-electron chi connectivity index (χ3n) is 4.62. The van der Waals surface area contributed by atoms with Crippen molar-refractivity contribution in [1.29, 1.82) is 0 Å². The zero-order valence-electron chi connectivity index (χ0n) is 17.1. The third-order valence-corrected chi connectivity index (χ3v) is 5.45. The average Bonchev–Trinajstić information content (AvgIpc) is 3.36. The third kappa shape index (κ3) is 4.92. The molecule has 152 valence electrons. The first kappa shape index (κ1) is 20.4. The minimum absolute atomic E-state index is 0.0518. The van der Waals surface area contributed by atoms with E-state index in [1.165, 1.54) is 6.26 Å². The number of amides is 1. The van der Waals surface area contributed by atoms with E-state index in [2.05, 4.69) is 43.3 Å². The lowest BCUT2D eigenvalue weighted by Crippen LogP contribution is -2.53. The van der Waals surface area contributed by atoms with Crippen molar-refractivity contribution in [2.24, 2.45) is 4.99 Å². The highest BCUT2D eigenvalue weighted by Gasteiger charge is 2.25. The van der Waals surface area contributed by atoms with Crippen molar-refractivity contribution in [1.82, 2.24) is 20.1 Å². The van der Waals surface area contributed by atoms with Gasteiger partial charge in [0.2, 0.25) is 0 Å². The van der Waals surface area contributed by atoms with Gasteiger partial charge in [-0.1, -0.05) is 20.8 Å². The molecule has 0 radical (unpaired) electrons. The van der Waals surface area contributed by atoms with Crippen LogP contribution < -0.4 is 5.32 Å². The van der Waals surface area contributed by atoms with Crippen molar-refractivity contribution in [3.8, 4) is 0 Å². The van der Waals surface area contributed by atoms with E-state index < -0.39 is 0 Å². The summed E-state index contributed by atoms with van der Waals surface area (Å²) in [5.74, 6) is 1.22. The number of carbonyl (C=O) groups excluding carboxylic acids is 1. The molecule has 1 N–H and O–H groups in total. The summed E-state index contributed by atoms with van der Waals surface area (Å²) in [7, 11) is 0. The maximum atomic E-state index is 12.4. The number of thiazole rings is 1. The molecule has 2 aromatic heterocycles. The summed E-state index contributed by atoms with van der Waals surface area (Å²) in [6, 6.07) is 3.45. The van der Waals surface area contributed by atoms with Crippen LogP contribution in [0.3, 0.4) is 0 Å². The summed E-state index contributed by atoms with van der Waals surface area (Å²) in [5, 5.41) is 6.50. The fraction of sp³-hybridized carbons (Fsp3) is 0.550. The predicted molar refractivity (Wildman–Crippen MR) is 112 cm³/mol. The fourth-order valence-corrected chi connectivity index (χ4v) is 3.92. The Hall–Kier alpha value is -2.35. The number of carbonyl (C=O) groups is 1. The highest BCUT2D eigenvalue weighted by molar-refractivity contribution is 7.09. The molecule has 2 aromatic rings. The van der Waals surface area contributed by atoms with Gasteiger partial charge < -0.3 is 19.5 Å². The minimum atomic E-state index is -0.0518. The van der Waals surface area contributed by atoms with Gasteiger partial charge in [0.15, 0.2) is 11.7 Å². The Morgan fingerprint density at radius 2 is 2.00 bits per heavy atom. The van der Waals surface area contributed by atoms with Crippen LogP contribution in [0.5, 0.6) is 0 Å². The number of nitrogens with zero attached hydrogens (tertiary/aromatic N) is 4. The molecule has 28 heavy (non-hydrogen) atoms. The van der Waals surface area contributed by atoms with Crippen molar-refractivity contribution >= 4 is 23.2 Å². The number of nitrogens with one attached hydrogen (secondary N) is 1. The molecular weight excluding hydrogens is 374 g/mol. The van der Waals surface area contributed by atoms with Crippen LogP contribution in [0, 0.1) is 0 Å². The number of aliphatic imine (C=N–C) groups is 1. The van der Waals surface area contributed by atoms with E-state index in [0.717, 1.165) is 36.3 Å².